The van der Waals surface area contributed by atoms with Crippen LogP contribution in [0.2, 0.25) is 0 Å². The van der Waals surface area contributed by atoms with Crippen molar-refractivity contribution < 1.29 is 31.1 Å². The van der Waals surface area contributed by atoms with E-state index in [1.165, 1.54) is 17.1 Å². The molecule has 0 bridgehead atoms. The fraction of sp³-hybridized carbons (Fsp3) is 0.304. The van der Waals surface area contributed by atoms with Crippen LogP contribution in [0.4, 0.5) is 13.2 Å². The van der Waals surface area contributed by atoms with Crippen LogP contribution in [0, 0.1) is 0 Å². The number of sulfonamides is 1. The summed E-state index contributed by atoms with van der Waals surface area (Å²) in [6, 6.07) is 13.0. The third-order valence-electron chi connectivity index (χ3n) is 5.62. The van der Waals surface area contributed by atoms with E-state index in [9.17, 15) is 26.4 Å². The van der Waals surface area contributed by atoms with Crippen molar-refractivity contribution in [1.82, 2.24) is 19.4 Å². The summed E-state index contributed by atoms with van der Waals surface area (Å²) in [5.41, 5.74) is 1.97. The Labute approximate surface area is 200 Å². The lowest BCUT2D eigenvalue weighted by Gasteiger charge is -2.26. The van der Waals surface area contributed by atoms with Gasteiger partial charge in [0.2, 0.25) is 10.0 Å². The number of aromatic nitrogens is 2. The van der Waals surface area contributed by atoms with Crippen LogP contribution in [-0.4, -0.2) is 48.3 Å². The summed E-state index contributed by atoms with van der Waals surface area (Å²) in [6.45, 7) is -0.191. The number of benzene rings is 2. The number of nitrogens with zero attached hydrogens (tertiary/aromatic N) is 3. The molecule has 1 aliphatic heterocycles. The quantitative estimate of drug-likeness (QED) is 0.473. The predicted molar refractivity (Wildman–Crippen MR) is 120 cm³/mol. The van der Waals surface area contributed by atoms with Gasteiger partial charge in [0, 0.05) is 26.3 Å². The first-order valence-corrected chi connectivity index (χ1v) is 12.2. The fourth-order valence-electron chi connectivity index (χ4n) is 3.98. The summed E-state index contributed by atoms with van der Waals surface area (Å²) in [5.74, 6) is -1.52. The molecule has 1 amide bonds. The molecule has 1 N–H and O–H groups in total. The van der Waals surface area contributed by atoms with E-state index >= 15 is 0 Å². The number of alkyl halides is 3. The van der Waals surface area contributed by atoms with Crippen LogP contribution >= 0.6 is 0 Å². The lowest BCUT2D eigenvalue weighted by molar-refractivity contribution is -0.188. The second-order valence-electron chi connectivity index (χ2n) is 8.09. The van der Waals surface area contributed by atoms with Gasteiger partial charge in [0.1, 0.15) is 17.3 Å². The van der Waals surface area contributed by atoms with Gasteiger partial charge in [-0.3, -0.25) is 9.48 Å². The first kappa shape index (κ1) is 24.7. The monoisotopic (exact) mass is 508 g/mol. The summed E-state index contributed by atoms with van der Waals surface area (Å²) in [7, 11) is -2.14. The molecular formula is C23H23F3N4O4S. The maximum Gasteiger partial charge on any atom is 0.471 e. The van der Waals surface area contributed by atoms with Crippen LogP contribution in [0.5, 0.6) is 5.75 Å². The summed E-state index contributed by atoms with van der Waals surface area (Å²) in [6.07, 6.45) is -2.18. The Morgan fingerprint density at radius 2 is 1.94 bits per heavy atom. The van der Waals surface area contributed by atoms with E-state index in [-0.39, 0.29) is 31.0 Å². The zero-order chi connectivity index (χ0) is 25.2. The molecule has 2 heterocycles. The molecule has 0 aliphatic carbocycles. The Bertz CT molecular complexity index is 1310. The summed E-state index contributed by atoms with van der Waals surface area (Å²) in [5, 5.41) is 3.83. The number of aryl methyl sites for hydroxylation is 1. The molecule has 12 heteroatoms. The third-order valence-corrected chi connectivity index (χ3v) is 7.04. The van der Waals surface area contributed by atoms with Gasteiger partial charge >= 0.3 is 12.1 Å². The van der Waals surface area contributed by atoms with Gasteiger partial charge in [-0.05, 0) is 35.2 Å². The minimum atomic E-state index is -4.98. The Morgan fingerprint density at radius 3 is 2.60 bits per heavy atom. The van der Waals surface area contributed by atoms with Crippen molar-refractivity contribution in [2.24, 2.45) is 7.05 Å². The molecule has 0 radical (unpaired) electrons. The molecule has 0 saturated carbocycles. The minimum Gasteiger partial charge on any atom is -0.492 e. The van der Waals surface area contributed by atoms with Gasteiger partial charge in [-0.1, -0.05) is 36.4 Å². The molecule has 1 unspecified atom stereocenters. The van der Waals surface area contributed by atoms with Crippen LogP contribution in [0.15, 0.2) is 65.8 Å². The van der Waals surface area contributed by atoms with Crippen LogP contribution in [0.3, 0.4) is 0 Å². The van der Waals surface area contributed by atoms with Crippen LogP contribution in [0.1, 0.15) is 22.7 Å². The van der Waals surface area contributed by atoms with E-state index in [1.54, 1.807) is 55.6 Å². The van der Waals surface area contributed by atoms with Gasteiger partial charge in [0.25, 0.3) is 0 Å². The smallest absolute Gasteiger partial charge is 0.471 e. The van der Waals surface area contributed by atoms with Crippen molar-refractivity contribution >= 4 is 15.9 Å². The molecule has 186 valence electrons. The molecule has 1 atom stereocenters. The molecule has 0 saturated heterocycles. The van der Waals surface area contributed by atoms with Crippen molar-refractivity contribution in [3.8, 4) is 5.75 Å². The minimum absolute atomic E-state index is 0.00712. The van der Waals surface area contributed by atoms with E-state index in [1.807, 2.05) is 0 Å². The second kappa shape index (κ2) is 9.70. The summed E-state index contributed by atoms with van der Waals surface area (Å²) in [4.78, 5) is 13.0. The first-order chi connectivity index (χ1) is 16.5. The Hall–Kier alpha value is -3.38. The van der Waals surface area contributed by atoms with Crippen LogP contribution < -0.4 is 9.46 Å². The highest BCUT2D eigenvalue weighted by molar-refractivity contribution is 7.89. The van der Waals surface area contributed by atoms with Crippen molar-refractivity contribution in [1.29, 1.82) is 0 Å². The largest absolute Gasteiger partial charge is 0.492 e. The Morgan fingerprint density at radius 1 is 1.20 bits per heavy atom. The zero-order valence-electron chi connectivity index (χ0n) is 18.7. The lowest BCUT2D eigenvalue weighted by atomic mass is 9.98. The number of nitrogens with one attached hydrogen (secondary N) is 1. The van der Waals surface area contributed by atoms with E-state index in [0.29, 0.717) is 16.9 Å². The van der Waals surface area contributed by atoms with Crippen molar-refractivity contribution in [3.05, 3.63) is 77.6 Å². The number of fused-ring (bicyclic) bond motifs is 1. The van der Waals surface area contributed by atoms with Gasteiger partial charge in [-0.15, -0.1) is 0 Å². The maximum atomic E-state index is 13.3. The molecule has 0 spiro atoms. The first-order valence-electron chi connectivity index (χ1n) is 10.7. The molecular weight excluding hydrogens is 485 g/mol. The molecule has 2 aromatic carbocycles. The number of halogens is 3. The topological polar surface area (TPSA) is 93.5 Å². The molecule has 8 nitrogen and oxygen atoms in total. The SMILES string of the molecule is Cn1cc(S(=O)(=O)NCCOc2ccc3c(c2)C(Cc2ccccc2)N(C(=O)C(F)(F)F)C3)cn1. The van der Waals surface area contributed by atoms with Gasteiger partial charge in [0.05, 0.1) is 12.2 Å². The van der Waals surface area contributed by atoms with Gasteiger partial charge in [-0.2, -0.15) is 18.3 Å². The number of ether oxygens (including phenoxy) is 1. The van der Waals surface area contributed by atoms with Crippen LogP contribution in [-0.2, 0) is 34.8 Å². The number of carbonyl (C=O) groups excluding carboxylic acids is 1. The lowest BCUT2D eigenvalue weighted by Crippen LogP contribution is -2.40. The van der Waals surface area contributed by atoms with E-state index < -0.39 is 28.1 Å². The van der Waals surface area contributed by atoms with Crippen LogP contribution in [0.25, 0.3) is 0 Å². The Kier molecular flexibility index (Phi) is 6.86. The molecule has 3 aromatic rings. The average Bonchev–Trinajstić information content (AvgIpc) is 3.40. The molecule has 0 fully saturated rings. The van der Waals surface area contributed by atoms with Crippen molar-refractivity contribution in [3.63, 3.8) is 0 Å². The molecule has 4 rings (SSSR count). The molecule has 35 heavy (non-hydrogen) atoms. The van der Waals surface area contributed by atoms with E-state index in [0.717, 1.165) is 10.5 Å². The third kappa shape index (κ3) is 5.65. The normalized spacial score (nSPS) is 15.8. The fourth-order valence-corrected chi connectivity index (χ4v) is 4.97. The maximum absolute atomic E-state index is 13.3. The highest BCUT2D eigenvalue weighted by Crippen LogP contribution is 2.40. The highest BCUT2D eigenvalue weighted by Gasteiger charge is 2.47. The number of carbonyl (C=O) groups is 1. The van der Waals surface area contributed by atoms with E-state index in [4.69, 9.17) is 4.74 Å². The number of hydrogen-bond donors (Lipinski definition) is 1. The van der Waals surface area contributed by atoms with Crippen molar-refractivity contribution in [2.75, 3.05) is 13.2 Å². The summed E-state index contributed by atoms with van der Waals surface area (Å²) >= 11 is 0. The summed E-state index contributed by atoms with van der Waals surface area (Å²) < 4.78 is 73.7. The predicted octanol–water partition coefficient (Wildman–Crippen LogP) is 2.97. The van der Waals surface area contributed by atoms with Gasteiger partial charge in [-0.25, -0.2) is 13.1 Å². The number of hydrogen-bond acceptors (Lipinski definition) is 5. The molecule has 1 aromatic heterocycles. The standard InChI is InChI=1S/C23H23F3N4O4S/c1-29-15-19(13-27-29)35(32,33)28-9-10-34-18-8-7-17-14-30(22(31)23(24,25)26)21(20(17)12-18)11-16-5-3-2-4-6-16/h2-8,12-13,15,21,28H,9-11,14H2,1H3. The van der Waals surface area contributed by atoms with Gasteiger partial charge < -0.3 is 9.64 Å². The highest BCUT2D eigenvalue weighted by atomic mass is 32.2. The van der Waals surface area contributed by atoms with Crippen molar-refractivity contribution in [2.45, 2.75) is 30.1 Å². The Balaban J connectivity index is 1.47. The molecule has 1 aliphatic rings. The number of rotatable bonds is 8. The average molecular weight is 509 g/mol. The van der Waals surface area contributed by atoms with E-state index in [2.05, 4.69) is 9.82 Å². The second-order valence-corrected chi connectivity index (χ2v) is 9.86. The van der Waals surface area contributed by atoms with Gasteiger partial charge in [0.15, 0.2) is 0 Å². The number of amides is 1. The zero-order valence-corrected chi connectivity index (χ0v) is 19.5.